The van der Waals surface area contributed by atoms with Gasteiger partial charge in [-0.25, -0.2) is 4.98 Å². The van der Waals surface area contributed by atoms with Crippen LogP contribution < -0.4 is 5.73 Å². The van der Waals surface area contributed by atoms with E-state index in [2.05, 4.69) is 4.98 Å². The standard InChI is InChI=1S/C15H16N4O3S/c16-8-12-2-1-7-18(12)15(20)13-9-23-14(17-13)10-3-5-11(6-4-10)19(21)22/h3-6,9,12H,1-2,7-8,16H2. The van der Waals surface area contributed by atoms with Crippen LogP contribution in [0.2, 0.25) is 0 Å². The molecule has 2 aromatic rings. The minimum Gasteiger partial charge on any atom is -0.333 e. The van der Waals surface area contributed by atoms with Crippen molar-refractivity contribution in [2.24, 2.45) is 5.73 Å². The van der Waals surface area contributed by atoms with Crippen LogP contribution in [0.3, 0.4) is 0 Å². The van der Waals surface area contributed by atoms with E-state index in [1.807, 2.05) is 0 Å². The summed E-state index contributed by atoms with van der Waals surface area (Å²) in [6, 6.07) is 6.24. The molecule has 1 aliphatic rings. The van der Waals surface area contributed by atoms with Crippen molar-refractivity contribution < 1.29 is 9.72 Å². The number of nitrogens with two attached hydrogens (primary N) is 1. The second kappa shape index (κ2) is 6.43. The second-order valence-electron chi connectivity index (χ2n) is 5.37. The van der Waals surface area contributed by atoms with Crippen molar-refractivity contribution in [3.8, 4) is 10.6 Å². The molecule has 1 amide bonds. The smallest absolute Gasteiger partial charge is 0.273 e. The summed E-state index contributed by atoms with van der Waals surface area (Å²) in [6.45, 7) is 1.18. The van der Waals surface area contributed by atoms with Crippen molar-refractivity contribution in [3.63, 3.8) is 0 Å². The summed E-state index contributed by atoms with van der Waals surface area (Å²) in [6.07, 6.45) is 1.90. The summed E-state index contributed by atoms with van der Waals surface area (Å²) in [5, 5.41) is 13.1. The molecule has 2 N–H and O–H groups in total. The van der Waals surface area contributed by atoms with Crippen LogP contribution in [-0.2, 0) is 0 Å². The molecule has 1 fully saturated rings. The first-order chi connectivity index (χ1) is 11.1. The summed E-state index contributed by atoms with van der Waals surface area (Å²) < 4.78 is 0. The van der Waals surface area contributed by atoms with Gasteiger partial charge in [0.25, 0.3) is 11.6 Å². The van der Waals surface area contributed by atoms with E-state index in [9.17, 15) is 14.9 Å². The molecule has 1 aliphatic heterocycles. The van der Waals surface area contributed by atoms with Gasteiger partial charge in [0, 0.05) is 42.2 Å². The Morgan fingerprint density at radius 3 is 2.83 bits per heavy atom. The Bertz CT molecular complexity index is 729. The number of carbonyl (C=O) groups excluding carboxylic acids is 1. The number of nitrogens with zero attached hydrogens (tertiary/aromatic N) is 3. The minimum atomic E-state index is -0.444. The van der Waals surface area contributed by atoms with Gasteiger partial charge in [-0.15, -0.1) is 11.3 Å². The van der Waals surface area contributed by atoms with E-state index in [4.69, 9.17) is 5.73 Å². The predicted octanol–water partition coefficient (Wildman–Crippen LogP) is 2.28. The van der Waals surface area contributed by atoms with Crippen molar-refractivity contribution >= 4 is 22.9 Å². The third-order valence-electron chi connectivity index (χ3n) is 3.96. The fourth-order valence-electron chi connectivity index (χ4n) is 2.73. The number of aromatic nitrogens is 1. The highest BCUT2D eigenvalue weighted by molar-refractivity contribution is 7.13. The van der Waals surface area contributed by atoms with E-state index >= 15 is 0 Å². The van der Waals surface area contributed by atoms with Crippen LogP contribution in [0.5, 0.6) is 0 Å². The van der Waals surface area contributed by atoms with Gasteiger partial charge in [-0.1, -0.05) is 0 Å². The third kappa shape index (κ3) is 3.08. The number of non-ortho nitro benzene ring substituents is 1. The summed E-state index contributed by atoms with van der Waals surface area (Å²) in [7, 11) is 0. The molecule has 120 valence electrons. The third-order valence-corrected chi connectivity index (χ3v) is 4.85. The number of hydrogen-bond donors (Lipinski definition) is 1. The zero-order valence-corrected chi connectivity index (χ0v) is 13.2. The van der Waals surface area contributed by atoms with Crippen molar-refractivity contribution in [1.82, 2.24) is 9.88 Å². The maximum atomic E-state index is 12.5. The Balaban J connectivity index is 1.80. The van der Waals surface area contributed by atoms with E-state index in [0.717, 1.165) is 18.4 Å². The lowest BCUT2D eigenvalue weighted by Gasteiger charge is -2.22. The number of amides is 1. The van der Waals surface area contributed by atoms with Crippen LogP contribution in [0.15, 0.2) is 29.6 Å². The largest absolute Gasteiger partial charge is 0.333 e. The lowest BCUT2D eigenvalue weighted by atomic mass is 10.2. The summed E-state index contributed by atoms with van der Waals surface area (Å²) >= 11 is 1.35. The highest BCUT2D eigenvalue weighted by Crippen LogP contribution is 2.27. The Kier molecular flexibility index (Phi) is 4.35. The van der Waals surface area contributed by atoms with Gasteiger partial charge < -0.3 is 10.6 Å². The first-order valence-corrected chi connectivity index (χ1v) is 8.19. The quantitative estimate of drug-likeness (QED) is 0.683. The van der Waals surface area contributed by atoms with E-state index in [1.54, 1.807) is 22.4 Å². The molecule has 1 aromatic heterocycles. The van der Waals surface area contributed by atoms with Crippen molar-refractivity contribution in [1.29, 1.82) is 0 Å². The molecule has 1 atom stereocenters. The number of rotatable bonds is 4. The topological polar surface area (TPSA) is 102 Å². The number of thiazole rings is 1. The average molecular weight is 332 g/mol. The van der Waals surface area contributed by atoms with Gasteiger partial charge in [-0.05, 0) is 25.0 Å². The highest BCUT2D eigenvalue weighted by atomic mass is 32.1. The van der Waals surface area contributed by atoms with Crippen molar-refractivity contribution in [2.45, 2.75) is 18.9 Å². The predicted molar refractivity (Wildman–Crippen MR) is 87.3 cm³/mol. The van der Waals surface area contributed by atoms with Gasteiger partial charge in [0.2, 0.25) is 0 Å². The molecule has 23 heavy (non-hydrogen) atoms. The molecule has 1 saturated heterocycles. The Morgan fingerprint density at radius 2 is 2.17 bits per heavy atom. The van der Waals surface area contributed by atoms with Crippen molar-refractivity contribution in [3.05, 3.63) is 45.5 Å². The van der Waals surface area contributed by atoms with Gasteiger partial charge in [-0.2, -0.15) is 0 Å². The molecule has 0 radical (unpaired) electrons. The van der Waals surface area contributed by atoms with Crippen molar-refractivity contribution in [2.75, 3.05) is 13.1 Å². The summed E-state index contributed by atoms with van der Waals surface area (Å²) in [5.41, 5.74) is 6.91. The van der Waals surface area contributed by atoms with Gasteiger partial charge in [0.1, 0.15) is 10.7 Å². The molecule has 8 heteroatoms. The number of nitro groups is 1. The van der Waals surface area contributed by atoms with Gasteiger partial charge >= 0.3 is 0 Å². The maximum absolute atomic E-state index is 12.5. The normalized spacial score (nSPS) is 17.4. The minimum absolute atomic E-state index is 0.0319. The zero-order valence-electron chi connectivity index (χ0n) is 12.3. The Morgan fingerprint density at radius 1 is 1.43 bits per heavy atom. The number of carbonyl (C=O) groups is 1. The van der Waals surface area contributed by atoms with E-state index in [1.165, 1.54) is 23.5 Å². The van der Waals surface area contributed by atoms with Gasteiger partial charge in [-0.3, -0.25) is 14.9 Å². The molecule has 3 rings (SSSR count). The van der Waals surface area contributed by atoms with Crippen LogP contribution >= 0.6 is 11.3 Å². The Hall–Kier alpha value is -2.32. The van der Waals surface area contributed by atoms with Crippen LogP contribution in [-0.4, -0.2) is 39.8 Å². The summed E-state index contributed by atoms with van der Waals surface area (Å²) in [5.74, 6) is -0.0950. The molecule has 0 aliphatic carbocycles. The van der Waals surface area contributed by atoms with Gasteiger partial charge in [0.05, 0.1) is 4.92 Å². The maximum Gasteiger partial charge on any atom is 0.273 e. The second-order valence-corrected chi connectivity index (χ2v) is 6.23. The molecule has 2 heterocycles. The molecular formula is C15H16N4O3S. The van der Waals surface area contributed by atoms with Crippen LogP contribution in [0.1, 0.15) is 23.3 Å². The van der Waals surface area contributed by atoms with Crippen LogP contribution in [0.4, 0.5) is 5.69 Å². The van der Waals surface area contributed by atoms with E-state index in [0.29, 0.717) is 23.8 Å². The van der Waals surface area contributed by atoms with Crippen LogP contribution in [0, 0.1) is 10.1 Å². The molecular weight excluding hydrogens is 316 g/mol. The van der Waals surface area contributed by atoms with E-state index < -0.39 is 4.92 Å². The Labute approximate surface area is 136 Å². The zero-order chi connectivity index (χ0) is 16.4. The van der Waals surface area contributed by atoms with E-state index in [-0.39, 0.29) is 17.6 Å². The first-order valence-electron chi connectivity index (χ1n) is 7.31. The molecule has 0 spiro atoms. The summed E-state index contributed by atoms with van der Waals surface area (Å²) in [4.78, 5) is 28.9. The number of nitro benzene ring substituents is 1. The fourth-order valence-corrected chi connectivity index (χ4v) is 3.53. The highest BCUT2D eigenvalue weighted by Gasteiger charge is 2.29. The lowest BCUT2D eigenvalue weighted by molar-refractivity contribution is -0.384. The van der Waals surface area contributed by atoms with Gasteiger partial charge in [0.15, 0.2) is 0 Å². The molecule has 1 aromatic carbocycles. The SMILES string of the molecule is NCC1CCCN1C(=O)c1csc(-c2ccc([N+](=O)[O-])cc2)n1. The fraction of sp³-hybridized carbons (Fsp3) is 0.333. The molecule has 7 nitrogen and oxygen atoms in total. The lowest BCUT2D eigenvalue weighted by Crippen LogP contribution is -2.40. The number of likely N-dealkylation sites (tertiary alicyclic amines) is 1. The number of hydrogen-bond acceptors (Lipinski definition) is 6. The molecule has 0 saturated carbocycles. The molecule has 0 bridgehead atoms. The average Bonchev–Trinajstić information content (AvgIpc) is 3.23. The molecule has 1 unspecified atom stereocenters. The van der Waals surface area contributed by atoms with Crippen LogP contribution in [0.25, 0.3) is 10.6 Å². The first kappa shape index (κ1) is 15.6. The monoisotopic (exact) mass is 332 g/mol. The number of benzene rings is 1.